The average Bonchev–Trinajstić information content (AvgIpc) is 2.58. The van der Waals surface area contributed by atoms with Crippen LogP contribution < -0.4 is 10.6 Å². The van der Waals surface area contributed by atoms with E-state index in [1.54, 1.807) is 7.11 Å². The second-order valence-electron chi connectivity index (χ2n) is 6.19. The van der Waals surface area contributed by atoms with E-state index >= 15 is 0 Å². The molecule has 0 unspecified atom stereocenters. The van der Waals surface area contributed by atoms with Crippen LogP contribution in [0.5, 0.6) is 0 Å². The van der Waals surface area contributed by atoms with Gasteiger partial charge < -0.3 is 20.3 Å². The van der Waals surface area contributed by atoms with Gasteiger partial charge in [0, 0.05) is 46.0 Å². The van der Waals surface area contributed by atoms with Crippen molar-refractivity contribution in [1.29, 1.82) is 0 Å². The Morgan fingerprint density at radius 2 is 1.92 bits per heavy atom. The van der Waals surface area contributed by atoms with Crippen LogP contribution in [0.3, 0.4) is 0 Å². The van der Waals surface area contributed by atoms with Crippen LogP contribution in [0.4, 0.5) is 5.69 Å². The summed E-state index contributed by atoms with van der Waals surface area (Å²) >= 11 is 0. The van der Waals surface area contributed by atoms with E-state index in [9.17, 15) is 0 Å². The van der Waals surface area contributed by atoms with E-state index < -0.39 is 0 Å². The van der Waals surface area contributed by atoms with Crippen LogP contribution in [0.2, 0.25) is 0 Å². The van der Waals surface area contributed by atoms with Crippen LogP contribution in [0.1, 0.15) is 25.3 Å². The molecule has 0 radical (unpaired) electrons. The number of hydrogen-bond acceptors (Lipinski definition) is 3. The highest BCUT2D eigenvalue weighted by atomic mass is 127. The molecule has 2 rings (SSSR count). The first-order chi connectivity index (χ1) is 11.2. The van der Waals surface area contributed by atoms with Gasteiger partial charge in [-0.2, -0.15) is 0 Å². The van der Waals surface area contributed by atoms with Crippen molar-refractivity contribution in [3.8, 4) is 0 Å². The lowest BCUT2D eigenvalue weighted by atomic mass is 9.99. The first kappa shape index (κ1) is 21.0. The summed E-state index contributed by atoms with van der Waals surface area (Å²) in [7, 11) is 3.58. The number of aliphatic imine (C=N–C) groups is 1. The standard InChI is InChI=1S/C18H30N4O.HI/c1-15-8-11-22(12-9-15)18(19-2)21-14-16-4-6-17(7-5-16)20-10-13-23-3;/h4-7,15,20H,8-14H2,1-3H3,(H,19,21);1H. The van der Waals surface area contributed by atoms with Crippen molar-refractivity contribution in [2.45, 2.75) is 26.3 Å². The highest BCUT2D eigenvalue weighted by Gasteiger charge is 2.18. The Hall–Kier alpha value is -1.02. The number of nitrogens with one attached hydrogen (secondary N) is 2. The maximum atomic E-state index is 5.04. The van der Waals surface area contributed by atoms with E-state index in [0.717, 1.165) is 43.7 Å². The molecule has 1 aromatic carbocycles. The number of anilines is 1. The Morgan fingerprint density at radius 1 is 1.25 bits per heavy atom. The zero-order valence-corrected chi connectivity index (χ0v) is 17.4. The first-order valence-electron chi connectivity index (χ1n) is 8.50. The van der Waals surface area contributed by atoms with Crippen molar-refractivity contribution >= 4 is 35.6 Å². The molecule has 1 saturated heterocycles. The van der Waals surface area contributed by atoms with E-state index in [4.69, 9.17) is 4.74 Å². The third kappa shape index (κ3) is 6.84. The highest BCUT2D eigenvalue weighted by molar-refractivity contribution is 14.0. The minimum Gasteiger partial charge on any atom is -0.383 e. The zero-order valence-electron chi connectivity index (χ0n) is 15.0. The van der Waals surface area contributed by atoms with Gasteiger partial charge in [-0.05, 0) is 36.5 Å². The number of hydrogen-bond donors (Lipinski definition) is 2. The fourth-order valence-electron chi connectivity index (χ4n) is 2.77. The minimum absolute atomic E-state index is 0. The van der Waals surface area contributed by atoms with Gasteiger partial charge in [-0.3, -0.25) is 4.99 Å². The molecule has 1 heterocycles. The molecule has 1 aromatic rings. The molecule has 1 aliphatic rings. The Morgan fingerprint density at radius 3 is 2.50 bits per heavy atom. The fourth-order valence-corrected chi connectivity index (χ4v) is 2.77. The normalized spacial score (nSPS) is 15.8. The van der Waals surface area contributed by atoms with Crippen molar-refractivity contribution in [2.24, 2.45) is 10.9 Å². The summed E-state index contributed by atoms with van der Waals surface area (Å²) < 4.78 is 5.04. The Bertz CT molecular complexity index is 484. The minimum atomic E-state index is 0. The quantitative estimate of drug-likeness (QED) is 0.305. The summed E-state index contributed by atoms with van der Waals surface area (Å²) in [5, 5.41) is 6.80. The topological polar surface area (TPSA) is 48.9 Å². The van der Waals surface area contributed by atoms with Gasteiger partial charge in [-0.25, -0.2) is 0 Å². The Labute approximate surface area is 163 Å². The van der Waals surface area contributed by atoms with Crippen LogP contribution in [0, 0.1) is 5.92 Å². The second-order valence-corrected chi connectivity index (χ2v) is 6.19. The molecule has 0 atom stereocenters. The molecule has 0 saturated carbocycles. The average molecular weight is 446 g/mol. The van der Waals surface area contributed by atoms with Gasteiger partial charge in [0.2, 0.25) is 0 Å². The van der Waals surface area contributed by atoms with Crippen LogP contribution in [0.25, 0.3) is 0 Å². The summed E-state index contributed by atoms with van der Waals surface area (Å²) in [6, 6.07) is 8.51. The molecule has 6 heteroatoms. The summed E-state index contributed by atoms with van der Waals surface area (Å²) in [5.74, 6) is 1.85. The van der Waals surface area contributed by atoms with Gasteiger partial charge in [0.15, 0.2) is 5.96 Å². The summed E-state index contributed by atoms with van der Waals surface area (Å²) in [6.45, 7) is 6.88. The Kier molecular flexibility index (Phi) is 10.1. The first-order valence-corrected chi connectivity index (χ1v) is 8.50. The van der Waals surface area contributed by atoms with Crippen molar-refractivity contribution in [2.75, 3.05) is 45.7 Å². The van der Waals surface area contributed by atoms with Gasteiger partial charge in [-0.1, -0.05) is 19.1 Å². The maximum Gasteiger partial charge on any atom is 0.193 e. The Balaban J connectivity index is 0.00000288. The van der Waals surface area contributed by atoms with Gasteiger partial charge in [-0.15, -0.1) is 24.0 Å². The van der Waals surface area contributed by atoms with Crippen molar-refractivity contribution in [3.05, 3.63) is 29.8 Å². The van der Waals surface area contributed by atoms with Gasteiger partial charge in [0.1, 0.15) is 0 Å². The molecule has 24 heavy (non-hydrogen) atoms. The molecule has 1 aliphatic heterocycles. The molecule has 5 nitrogen and oxygen atoms in total. The van der Waals surface area contributed by atoms with Crippen LogP contribution >= 0.6 is 24.0 Å². The lowest BCUT2D eigenvalue weighted by molar-refractivity contribution is 0.211. The number of methoxy groups -OCH3 is 1. The second kappa shape index (κ2) is 11.5. The van der Waals surface area contributed by atoms with Crippen molar-refractivity contribution in [1.82, 2.24) is 10.2 Å². The van der Waals surface area contributed by atoms with Gasteiger partial charge in [0.25, 0.3) is 0 Å². The summed E-state index contributed by atoms with van der Waals surface area (Å²) in [5.41, 5.74) is 2.38. The molecule has 0 spiro atoms. The molecule has 0 aromatic heterocycles. The largest absolute Gasteiger partial charge is 0.383 e. The molecular weight excluding hydrogens is 415 g/mol. The molecule has 136 valence electrons. The molecule has 1 fully saturated rings. The molecule has 0 bridgehead atoms. The number of halogens is 1. The van der Waals surface area contributed by atoms with Crippen LogP contribution in [-0.2, 0) is 11.3 Å². The summed E-state index contributed by atoms with van der Waals surface area (Å²) in [6.07, 6.45) is 2.51. The molecule has 2 N–H and O–H groups in total. The maximum absolute atomic E-state index is 5.04. The lowest BCUT2D eigenvalue weighted by Crippen LogP contribution is -2.45. The number of piperidine rings is 1. The van der Waals surface area contributed by atoms with E-state index in [1.165, 1.54) is 18.4 Å². The van der Waals surface area contributed by atoms with Crippen molar-refractivity contribution in [3.63, 3.8) is 0 Å². The smallest absolute Gasteiger partial charge is 0.193 e. The SMILES string of the molecule is CN=C(NCc1ccc(NCCOC)cc1)N1CCC(C)CC1.I. The predicted octanol–water partition coefficient (Wildman–Crippen LogP) is 3.17. The number of benzene rings is 1. The van der Waals surface area contributed by atoms with E-state index in [2.05, 4.69) is 51.7 Å². The molecular formula is C18H31IN4O. The van der Waals surface area contributed by atoms with Gasteiger partial charge >= 0.3 is 0 Å². The highest BCUT2D eigenvalue weighted by Crippen LogP contribution is 2.16. The lowest BCUT2D eigenvalue weighted by Gasteiger charge is -2.32. The molecule has 0 aliphatic carbocycles. The number of likely N-dealkylation sites (tertiary alicyclic amines) is 1. The fraction of sp³-hybridized carbons (Fsp3) is 0.611. The third-order valence-electron chi connectivity index (χ3n) is 4.33. The van der Waals surface area contributed by atoms with E-state index in [1.807, 2.05) is 7.05 Å². The zero-order chi connectivity index (χ0) is 16.5. The number of nitrogens with zero attached hydrogens (tertiary/aromatic N) is 2. The number of rotatable bonds is 6. The number of guanidine groups is 1. The van der Waals surface area contributed by atoms with Crippen molar-refractivity contribution < 1.29 is 4.74 Å². The van der Waals surface area contributed by atoms with Crippen LogP contribution in [0.15, 0.2) is 29.3 Å². The third-order valence-corrected chi connectivity index (χ3v) is 4.33. The summed E-state index contributed by atoms with van der Waals surface area (Å²) in [4.78, 5) is 6.79. The van der Waals surface area contributed by atoms with E-state index in [-0.39, 0.29) is 24.0 Å². The van der Waals surface area contributed by atoms with Crippen LogP contribution in [-0.4, -0.2) is 51.3 Å². The molecule has 0 amide bonds. The predicted molar refractivity (Wildman–Crippen MR) is 112 cm³/mol. The van der Waals surface area contributed by atoms with E-state index in [0.29, 0.717) is 6.61 Å². The number of ether oxygens (including phenoxy) is 1. The van der Waals surface area contributed by atoms with Gasteiger partial charge in [0.05, 0.1) is 6.61 Å². The monoisotopic (exact) mass is 446 g/mol.